The van der Waals surface area contributed by atoms with E-state index < -0.39 is 12.1 Å². The van der Waals surface area contributed by atoms with Crippen molar-refractivity contribution in [3.05, 3.63) is 41.5 Å². The molecular weight excluding hydrogens is 284 g/mol. The lowest BCUT2D eigenvalue weighted by Crippen LogP contribution is -2.21. The standard InChI is InChI=1S/C17H22O5/c1-11-6-8-16(20-4)15(10-11)14(7-9-17(19)21-5)12(2)22-13(3)18/h6-10,12,14H,1-5H3/b9-7+/t12-,14+/m1/s1. The average molecular weight is 306 g/mol. The minimum Gasteiger partial charge on any atom is -0.496 e. The Morgan fingerprint density at radius 2 is 1.91 bits per heavy atom. The van der Waals surface area contributed by atoms with Crippen LogP contribution >= 0.6 is 0 Å². The summed E-state index contributed by atoms with van der Waals surface area (Å²) in [4.78, 5) is 22.6. The summed E-state index contributed by atoms with van der Waals surface area (Å²) in [6, 6.07) is 5.73. The number of benzene rings is 1. The van der Waals surface area contributed by atoms with E-state index in [1.54, 1.807) is 20.1 Å². The monoisotopic (exact) mass is 306 g/mol. The van der Waals surface area contributed by atoms with Gasteiger partial charge in [-0.15, -0.1) is 0 Å². The van der Waals surface area contributed by atoms with Gasteiger partial charge in [0.1, 0.15) is 11.9 Å². The molecule has 5 heteroatoms. The van der Waals surface area contributed by atoms with E-state index >= 15 is 0 Å². The molecule has 0 N–H and O–H groups in total. The van der Waals surface area contributed by atoms with Gasteiger partial charge in [0.05, 0.1) is 14.2 Å². The van der Waals surface area contributed by atoms with Gasteiger partial charge >= 0.3 is 11.9 Å². The third-order valence-electron chi connectivity index (χ3n) is 3.24. The summed E-state index contributed by atoms with van der Waals surface area (Å²) in [5.74, 6) is -0.496. The highest BCUT2D eigenvalue weighted by Crippen LogP contribution is 2.32. The highest BCUT2D eigenvalue weighted by Gasteiger charge is 2.23. The van der Waals surface area contributed by atoms with E-state index in [4.69, 9.17) is 9.47 Å². The first-order chi connectivity index (χ1) is 10.4. The Balaban J connectivity index is 3.24. The summed E-state index contributed by atoms with van der Waals surface area (Å²) in [6.07, 6.45) is 2.54. The highest BCUT2D eigenvalue weighted by atomic mass is 16.5. The topological polar surface area (TPSA) is 61.8 Å². The number of rotatable bonds is 6. The molecule has 0 spiro atoms. The molecule has 5 nitrogen and oxygen atoms in total. The molecule has 0 bridgehead atoms. The molecule has 0 saturated carbocycles. The Kier molecular flexibility index (Phi) is 6.63. The maximum Gasteiger partial charge on any atom is 0.330 e. The van der Waals surface area contributed by atoms with Crippen molar-refractivity contribution in [2.75, 3.05) is 14.2 Å². The minimum absolute atomic E-state index is 0.321. The van der Waals surface area contributed by atoms with Gasteiger partial charge in [-0.25, -0.2) is 4.79 Å². The molecular formula is C17H22O5. The second kappa shape index (κ2) is 8.22. The Morgan fingerprint density at radius 1 is 1.23 bits per heavy atom. The van der Waals surface area contributed by atoms with Crippen LogP contribution in [0.15, 0.2) is 30.4 Å². The zero-order chi connectivity index (χ0) is 16.7. The summed E-state index contributed by atoms with van der Waals surface area (Å²) in [5, 5.41) is 0. The molecule has 1 aromatic rings. The number of carbonyl (C=O) groups excluding carboxylic acids is 2. The molecule has 0 fully saturated rings. The van der Waals surface area contributed by atoms with E-state index in [0.717, 1.165) is 11.1 Å². The van der Waals surface area contributed by atoms with Crippen LogP contribution < -0.4 is 4.74 Å². The molecule has 0 aliphatic carbocycles. The van der Waals surface area contributed by atoms with Crippen LogP contribution in [-0.2, 0) is 19.1 Å². The summed E-state index contributed by atoms with van der Waals surface area (Å²) >= 11 is 0. The predicted molar refractivity (Wildman–Crippen MR) is 82.9 cm³/mol. The number of ether oxygens (including phenoxy) is 3. The van der Waals surface area contributed by atoms with Crippen molar-refractivity contribution in [3.8, 4) is 5.75 Å². The average Bonchev–Trinajstić information content (AvgIpc) is 2.46. The van der Waals surface area contributed by atoms with E-state index in [-0.39, 0.29) is 11.9 Å². The van der Waals surface area contributed by atoms with Gasteiger partial charge in [-0.05, 0) is 19.9 Å². The van der Waals surface area contributed by atoms with Crippen LogP contribution in [0.1, 0.15) is 30.9 Å². The molecule has 0 aliphatic heterocycles. The zero-order valence-corrected chi connectivity index (χ0v) is 13.6. The number of carbonyl (C=O) groups is 2. The van der Waals surface area contributed by atoms with Crippen molar-refractivity contribution in [1.82, 2.24) is 0 Å². The molecule has 0 aliphatic rings. The first-order valence-corrected chi connectivity index (χ1v) is 6.97. The summed E-state index contributed by atoms with van der Waals surface area (Å²) in [7, 11) is 2.89. The largest absolute Gasteiger partial charge is 0.496 e. The summed E-state index contributed by atoms with van der Waals surface area (Å²) in [6.45, 7) is 5.08. The van der Waals surface area contributed by atoms with E-state index in [0.29, 0.717) is 5.75 Å². The molecule has 1 rings (SSSR count). The van der Waals surface area contributed by atoms with Crippen molar-refractivity contribution in [2.45, 2.75) is 32.8 Å². The molecule has 22 heavy (non-hydrogen) atoms. The molecule has 0 unspecified atom stereocenters. The number of aryl methyl sites for hydroxylation is 1. The number of hydrogen-bond acceptors (Lipinski definition) is 5. The Labute approximate surface area is 130 Å². The predicted octanol–water partition coefficient (Wildman–Crippen LogP) is 2.77. The van der Waals surface area contributed by atoms with Crippen LogP contribution in [0, 0.1) is 6.92 Å². The lowest BCUT2D eigenvalue weighted by Gasteiger charge is -2.23. The van der Waals surface area contributed by atoms with Crippen LogP contribution in [0.25, 0.3) is 0 Å². The van der Waals surface area contributed by atoms with Crippen molar-refractivity contribution < 1.29 is 23.8 Å². The third-order valence-corrected chi connectivity index (χ3v) is 3.24. The van der Waals surface area contributed by atoms with Crippen LogP contribution in [-0.4, -0.2) is 32.3 Å². The van der Waals surface area contributed by atoms with Crippen molar-refractivity contribution in [1.29, 1.82) is 0 Å². The van der Waals surface area contributed by atoms with Gasteiger partial charge in [0, 0.05) is 24.5 Å². The van der Waals surface area contributed by atoms with Crippen LogP contribution in [0.3, 0.4) is 0 Å². The third kappa shape index (κ3) is 4.91. The molecule has 0 saturated heterocycles. The zero-order valence-electron chi connectivity index (χ0n) is 13.6. The van der Waals surface area contributed by atoms with E-state index in [2.05, 4.69) is 4.74 Å². The van der Waals surface area contributed by atoms with E-state index in [1.807, 2.05) is 25.1 Å². The van der Waals surface area contributed by atoms with E-state index in [9.17, 15) is 9.59 Å². The van der Waals surface area contributed by atoms with Gasteiger partial charge in [-0.1, -0.05) is 23.8 Å². The SMILES string of the molecule is COC(=O)/C=C/[C@H](c1cc(C)ccc1OC)[C@@H](C)OC(C)=O. The Morgan fingerprint density at radius 3 is 2.45 bits per heavy atom. The molecule has 0 heterocycles. The molecule has 0 radical (unpaired) electrons. The molecule has 1 aromatic carbocycles. The quantitative estimate of drug-likeness (QED) is 0.597. The van der Waals surface area contributed by atoms with Gasteiger partial charge in [0.2, 0.25) is 0 Å². The van der Waals surface area contributed by atoms with Crippen molar-refractivity contribution in [2.24, 2.45) is 0 Å². The van der Waals surface area contributed by atoms with E-state index in [1.165, 1.54) is 20.1 Å². The lowest BCUT2D eigenvalue weighted by molar-refractivity contribution is -0.146. The first-order valence-electron chi connectivity index (χ1n) is 6.97. The van der Waals surface area contributed by atoms with Crippen LogP contribution in [0.2, 0.25) is 0 Å². The van der Waals surface area contributed by atoms with Crippen molar-refractivity contribution >= 4 is 11.9 Å². The summed E-state index contributed by atoms with van der Waals surface area (Å²) < 4.78 is 15.3. The van der Waals surface area contributed by atoms with Gasteiger partial charge in [-0.3, -0.25) is 4.79 Å². The van der Waals surface area contributed by atoms with Crippen LogP contribution in [0.4, 0.5) is 0 Å². The van der Waals surface area contributed by atoms with Crippen molar-refractivity contribution in [3.63, 3.8) is 0 Å². The Bertz CT molecular complexity index is 562. The highest BCUT2D eigenvalue weighted by molar-refractivity contribution is 5.82. The molecule has 0 amide bonds. The number of esters is 2. The fraction of sp³-hybridized carbons (Fsp3) is 0.412. The van der Waals surface area contributed by atoms with Gasteiger partial charge in [0.25, 0.3) is 0 Å². The number of methoxy groups -OCH3 is 2. The summed E-state index contributed by atoms with van der Waals surface area (Å²) in [5.41, 5.74) is 1.89. The fourth-order valence-electron chi connectivity index (χ4n) is 2.21. The van der Waals surface area contributed by atoms with Gasteiger partial charge < -0.3 is 14.2 Å². The molecule has 0 aromatic heterocycles. The minimum atomic E-state index is -0.466. The normalized spacial score (nSPS) is 13.5. The first kappa shape index (κ1) is 17.8. The second-order valence-corrected chi connectivity index (χ2v) is 4.97. The number of hydrogen-bond donors (Lipinski definition) is 0. The molecule has 2 atom stereocenters. The van der Waals surface area contributed by atoms with Gasteiger partial charge in [-0.2, -0.15) is 0 Å². The lowest BCUT2D eigenvalue weighted by atomic mass is 9.91. The molecule has 120 valence electrons. The van der Waals surface area contributed by atoms with Crippen LogP contribution in [0.5, 0.6) is 5.75 Å². The maximum atomic E-state index is 11.4. The smallest absolute Gasteiger partial charge is 0.330 e. The second-order valence-electron chi connectivity index (χ2n) is 4.97. The fourth-order valence-corrected chi connectivity index (χ4v) is 2.21. The van der Waals surface area contributed by atoms with Gasteiger partial charge in [0.15, 0.2) is 0 Å². The Hall–Kier alpha value is -2.30. The maximum absolute atomic E-state index is 11.4.